The van der Waals surface area contributed by atoms with E-state index in [2.05, 4.69) is 15.3 Å². The first-order valence-electron chi connectivity index (χ1n) is 13.9. The fourth-order valence-electron chi connectivity index (χ4n) is 4.78. The van der Waals surface area contributed by atoms with Crippen LogP contribution in [0.2, 0.25) is 0 Å². The van der Waals surface area contributed by atoms with Gasteiger partial charge in [0, 0.05) is 34.5 Å². The number of imidazole rings is 1. The molecular formula is C35H33N3O4. The number of H-pyrrole nitrogens is 1. The molecule has 0 saturated heterocycles. The molecule has 0 saturated carbocycles. The number of hydrogen-bond acceptors (Lipinski definition) is 6. The first kappa shape index (κ1) is 28.4. The van der Waals surface area contributed by atoms with Crippen LogP contribution in [-0.4, -0.2) is 35.4 Å². The predicted molar refractivity (Wildman–Crippen MR) is 164 cm³/mol. The summed E-state index contributed by atoms with van der Waals surface area (Å²) in [4.78, 5) is 33.6. The second-order valence-electron chi connectivity index (χ2n) is 9.90. The molecular weight excluding hydrogens is 526 g/mol. The van der Waals surface area contributed by atoms with Gasteiger partial charge in [-0.2, -0.15) is 0 Å². The number of aromatic nitrogens is 2. The molecule has 1 heterocycles. The van der Waals surface area contributed by atoms with Crippen molar-refractivity contribution in [2.75, 3.05) is 19.0 Å². The molecule has 7 heteroatoms. The Morgan fingerprint density at radius 3 is 2.24 bits per heavy atom. The van der Waals surface area contributed by atoms with E-state index < -0.39 is 6.04 Å². The quantitative estimate of drug-likeness (QED) is 0.127. The van der Waals surface area contributed by atoms with Crippen molar-refractivity contribution in [3.8, 4) is 17.1 Å². The zero-order valence-corrected chi connectivity index (χ0v) is 23.7. The summed E-state index contributed by atoms with van der Waals surface area (Å²) in [5.74, 6) is 1.12. The van der Waals surface area contributed by atoms with Crippen molar-refractivity contribution in [2.45, 2.75) is 25.8 Å². The second kappa shape index (κ2) is 13.5. The first-order valence-corrected chi connectivity index (χ1v) is 13.9. The molecule has 212 valence electrons. The molecule has 0 radical (unpaired) electrons. The number of aryl methyl sites for hydroxylation is 1. The van der Waals surface area contributed by atoms with E-state index in [1.807, 2.05) is 97.9 Å². The minimum absolute atomic E-state index is 0.0907. The monoisotopic (exact) mass is 559 g/mol. The number of carbonyl (C=O) groups excluding carboxylic acids is 2. The lowest BCUT2D eigenvalue weighted by molar-refractivity contribution is -0.140. The highest BCUT2D eigenvalue weighted by molar-refractivity contribution is 6.12. The summed E-state index contributed by atoms with van der Waals surface area (Å²) in [6.45, 7) is 2.47. The van der Waals surface area contributed by atoms with Gasteiger partial charge >= 0.3 is 5.97 Å². The molecule has 0 fully saturated rings. The Balaban J connectivity index is 1.27. The number of nitrogens with zero attached hydrogens (tertiary/aromatic N) is 1. The lowest BCUT2D eigenvalue weighted by Gasteiger charge is -2.21. The maximum atomic E-state index is 13.3. The Hall–Kier alpha value is -5.17. The van der Waals surface area contributed by atoms with Crippen LogP contribution in [0, 0.1) is 6.92 Å². The second-order valence-corrected chi connectivity index (χ2v) is 9.90. The maximum Gasteiger partial charge on any atom is 0.307 e. The van der Waals surface area contributed by atoms with Crippen molar-refractivity contribution in [1.82, 2.24) is 9.97 Å². The number of ketones is 1. The fourth-order valence-corrected chi connectivity index (χ4v) is 4.78. The van der Waals surface area contributed by atoms with E-state index in [9.17, 15) is 9.59 Å². The van der Waals surface area contributed by atoms with E-state index in [-0.39, 0.29) is 18.2 Å². The Labute approximate surface area is 245 Å². The topological polar surface area (TPSA) is 93.3 Å². The molecule has 0 amide bonds. The summed E-state index contributed by atoms with van der Waals surface area (Å²) in [6.07, 6.45) is 0.777. The molecule has 0 spiro atoms. The summed E-state index contributed by atoms with van der Waals surface area (Å²) in [7, 11) is 1.37. The average Bonchev–Trinajstić information content (AvgIpc) is 3.41. The molecule has 7 nitrogen and oxygen atoms in total. The third-order valence-electron chi connectivity index (χ3n) is 7.07. The van der Waals surface area contributed by atoms with Gasteiger partial charge < -0.3 is 19.8 Å². The van der Waals surface area contributed by atoms with E-state index in [0.717, 1.165) is 34.1 Å². The minimum atomic E-state index is -0.416. The van der Waals surface area contributed by atoms with Gasteiger partial charge in [0.15, 0.2) is 5.78 Å². The van der Waals surface area contributed by atoms with Gasteiger partial charge in [0.2, 0.25) is 0 Å². The number of aromatic amines is 1. The predicted octanol–water partition coefficient (Wildman–Crippen LogP) is 6.95. The molecule has 2 N–H and O–H groups in total. The van der Waals surface area contributed by atoms with Crippen molar-refractivity contribution in [1.29, 1.82) is 0 Å². The number of rotatable bonds is 12. The number of anilines is 1. The standard InChI is InChI=1S/C35H33N3O4/c1-24-30(38-35(36-24)27-13-7-4-8-14-27)21-22-42-28-19-17-25(18-20-28)32(23-33(39)41-2)37-31-16-10-9-15-29(31)34(40)26-11-5-3-6-12-26/h3-20,32,37H,21-23H2,1-2H3,(H,36,38). The molecule has 0 aliphatic heterocycles. The first-order chi connectivity index (χ1) is 20.5. The van der Waals surface area contributed by atoms with Gasteiger partial charge in [-0.25, -0.2) is 4.98 Å². The lowest BCUT2D eigenvalue weighted by atomic mass is 9.99. The van der Waals surface area contributed by atoms with Gasteiger partial charge in [-0.1, -0.05) is 84.9 Å². The fraction of sp³-hybridized carbons (Fsp3) is 0.171. The van der Waals surface area contributed by atoms with E-state index in [0.29, 0.717) is 29.8 Å². The Morgan fingerprint density at radius 1 is 0.857 bits per heavy atom. The van der Waals surface area contributed by atoms with Gasteiger partial charge in [-0.3, -0.25) is 9.59 Å². The maximum absolute atomic E-state index is 13.3. The molecule has 5 rings (SSSR count). The van der Waals surface area contributed by atoms with Crippen molar-refractivity contribution >= 4 is 17.4 Å². The molecule has 1 unspecified atom stereocenters. The van der Waals surface area contributed by atoms with Crippen LogP contribution in [0.1, 0.15) is 45.3 Å². The van der Waals surface area contributed by atoms with Crippen LogP contribution in [0.15, 0.2) is 109 Å². The van der Waals surface area contributed by atoms with Gasteiger partial charge in [0.05, 0.1) is 31.9 Å². The summed E-state index contributed by atoms with van der Waals surface area (Å²) in [5, 5.41) is 3.41. The zero-order chi connectivity index (χ0) is 29.3. The van der Waals surface area contributed by atoms with Gasteiger partial charge in [-0.05, 0) is 36.8 Å². The smallest absolute Gasteiger partial charge is 0.307 e. The Morgan fingerprint density at radius 2 is 1.52 bits per heavy atom. The van der Waals surface area contributed by atoms with Crippen LogP contribution >= 0.6 is 0 Å². The third-order valence-corrected chi connectivity index (χ3v) is 7.07. The number of nitrogens with one attached hydrogen (secondary N) is 2. The van der Waals surface area contributed by atoms with Crippen molar-refractivity contribution in [3.63, 3.8) is 0 Å². The number of benzene rings is 4. The lowest BCUT2D eigenvalue weighted by Crippen LogP contribution is -2.18. The summed E-state index contributed by atoms with van der Waals surface area (Å²) < 4.78 is 11.0. The number of para-hydroxylation sites is 1. The van der Waals surface area contributed by atoms with Gasteiger partial charge in [0.25, 0.3) is 0 Å². The molecule has 0 bridgehead atoms. The normalized spacial score (nSPS) is 11.5. The minimum Gasteiger partial charge on any atom is -0.493 e. The highest BCUT2D eigenvalue weighted by atomic mass is 16.5. The largest absolute Gasteiger partial charge is 0.493 e. The highest BCUT2D eigenvalue weighted by Gasteiger charge is 2.20. The van der Waals surface area contributed by atoms with Crippen LogP contribution in [0.25, 0.3) is 11.4 Å². The zero-order valence-electron chi connectivity index (χ0n) is 23.7. The summed E-state index contributed by atoms with van der Waals surface area (Å²) >= 11 is 0. The molecule has 0 aliphatic carbocycles. The Bertz CT molecular complexity index is 1630. The van der Waals surface area contributed by atoms with Crippen molar-refractivity contribution in [3.05, 3.63) is 137 Å². The van der Waals surface area contributed by atoms with E-state index in [4.69, 9.17) is 9.47 Å². The van der Waals surface area contributed by atoms with E-state index in [1.54, 1.807) is 18.2 Å². The molecule has 42 heavy (non-hydrogen) atoms. The van der Waals surface area contributed by atoms with E-state index in [1.165, 1.54) is 7.11 Å². The number of carbonyl (C=O) groups is 2. The van der Waals surface area contributed by atoms with Crippen LogP contribution < -0.4 is 10.1 Å². The number of esters is 1. The van der Waals surface area contributed by atoms with Crippen LogP contribution in [-0.2, 0) is 16.0 Å². The Kier molecular flexibility index (Phi) is 9.09. The van der Waals surface area contributed by atoms with E-state index >= 15 is 0 Å². The van der Waals surface area contributed by atoms with Crippen molar-refractivity contribution < 1.29 is 19.1 Å². The SMILES string of the molecule is COC(=O)CC(Nc1ccccc1C(=O)c1ccccc1)c1ccc(OCCc2[nH]c(-c3ccccc3)nc2C)cc1. The van der Waals surface area contributed by atoms with Crippen LogP contribution in [0.3, 0.4) is 0 Å². The van der Waals surface area contributed by atoms with Crippen molar-refractivity contribution in [2.24, 2.45) is 0 Å². The van der Waals surface area contributed by atoms with Crippen LogP contribution in [0.4, 0.5) is 5.69 Å². The summed E-state index contributed by atoms with van der Waals surface area (Å²) in [5.41, 5.74) is 5.68. The average molecular weight is 560 g/mol. The molecule has 4 aromatic carbocycles. The number of methoxy groups -OCH3 is 1. The van der Waals surface area contributed by atoms with Gasteiger partial charge in [0.1, 0.15) is 11.6 Å². The molecule has 0 aliphatic rings. The molecule has 5 aromatic rings. The number of hydrogen-bond donors (Lipinski definition) is 2. The molecule has 1 atom stereocenters. The molecule has 1 aromatic heterocycles. The highest BCUT2D eigenvalue weighted by Crippen LogP contribution is 2.28. The van der Waals surface area contributed by atoms with Gasteiger partial charge in [-0.15, -0.1) is 0 Å². The number of ether oxygens (including phenoxy) is 2. The third kappa shape index (κ3) is 6.93. The van der Waals surface area contributed by atoms with Crippen LogP contribution in [0.5, 0.6) is 5.75 Å². The summed E-state index contributed by atoms with van der Waals surface area (Å²) in [6, 6.07) is 33.7.